The van der Waals surface area contributed by atoms with Crippen molar-refractivity contribution in [2.45, 2.75) is 12.8 Å². The van der Waals surface area contributed by atoms with Gasteiger partial charge < -0.3 is 4.42 Å². The van der Waals surface area contributed by atoms with E-state index in [9.17, 15) is 18.0 Å². The number of nitrogens with one attached hydrogen (secondary N) is 1. The number of sulfonamides is 1. The number of hydrogen-bond acceptors (Lipinski definition) is 6. The van der Waals surface area contributed by atoms with Crippen LogP contribution in [0.25, 0.3) is 0 Å². The Kier molecular flexibility index (Phi) is 5.50. The number of rotatable bonds is 9. The molecule has 0 saturated carbocycles. The van der Waals surface area contributed by atoms with Gasteiger partial charge >= 0.3 is 0 Å². The van der Waals surface area contributed by atoms with Gasteiger partial charge in [-0.05, 0) is 30.7 Å². The van der Waals surface area contributed by atoms with Gasteiger partial charge in [0.1, 0.15) is 5.76 Å². The molecule has 1 aromatic carbocycles. The second-order valence-electron chi connectivity index (χ2n) is 5.74. The summed E-state index contributed by atoms with van der Waals surface area (Å²) in [4.78, 5) is 32.3. The predicted octanol–water partition coefficient (Wildman–Crippen LogP) is 1.36. The number of imide groups is 1. The highest BCUT2D eigenvalue weighted by Crippen LogP contribution is 2.22. The molecule has 1 N–H and O–H groups in total. The van der Waals surface area contributed by atoms with Gasteiger partial charge in [0, 0.05) is 13.0 Å². The standard InChI is InChI=1S/C17H18N2O6S/c20-16-14-7-1-2-8-15(14)17(21)19(16)9-12-26(22,23)18-25-11-4-6-13-5-3-10-24-13/h1-3,5,7-8,10,18H,4,6,9,11-12H2. The first kappa shape index (κ1) is 18.3. The van der Waals surface area contributed by atoms with Crippen molar-refractivity contribution < 1.29 is 27.3 Å². The first-order chi connectivity index (χ1) is 12.5. The van der Waals surface area contributed by atoms with Gasteiger partial charge in [0.05, 0.1) is 29.7 Å². The smallest absolute Gasteiger partial charge is 0.261 e. The van der Waals surface area contributed by atoms with Crippen LogP contribution in [-0.2, 0) is 21.3 Å². The molecule has 2 amide bonds. The third-order valence-corrected chi connectivity index (χ3v) is 4.99. The van der Waals surface area contributed by atoms with E-state index < -0.39 is 27.6 Å². The first-order valence-corrected chi connectivity index (χ1v) is 9.72. The number of benzene rings is 1. The molecule has 0 aliphatic carbocycles. The van der Waals surface area contributed by atoms with Crippen molar-refractivity contribution in [1.82, 2.24) is 9.79 Å². The van der Waals surface area contributed by atoms with E-state index in [0.29, 0.717) is 12.8 Å². The summed E-state index contributed by atoms with van der Waals surface area (Å²) in [5.74, 6) is -0.612. The number of amides is 2. The van der Waals surface area contributed by atoms with Gasteiger partial charge in [0.15, 0.2) is 0 Å². The normalized spacial score (nSPS) is 14.1. The predicted molar refractivity (Wildman–Crippen MR) is 91.7 cm³/mol. The summed E-state index contributed by atoms with van der Waals surface area (Å²) in [6, 6.07) is 10.0. The van der Waals surface area contributed by atoms with E-state index in [-0.39, 0.29) is 24.3 Å². The Morgan fingerprint density at radius 3 is 2.35 bits per heavy atom. The summed E-state index contributed by atoms with van der Waals surface area (Å²) in [7, 11) is -3.78. The molecule has 0 unspecified atom stereocenters. The largest absolute Gasteiger partial charge is 0.469 e. The summed E-state index contributed by atoms with van der Waals surface area (Å²) >= 11 is 0. The van der Waals surface area contributed by atoms with E-state index in [0.717, 1.165) is 10.7 Å². The van der Waals surface area contributed by atoms with Gasteiger partial charge in [-0.3, -0.25) is 19.3 Å². The van der Waals surface area contributed by atoms with Crippen molar-refractivity contribution in [2.75, 3.05) is 18.9 Å². The van der Waals surface area contributed by atoms with Crippen molar-refractivity contribution in [2.24, 2.45) is 0 Å². The Bertz CT molecular complexity index is 857. The van der Waals surface area contributed by atoms with E-state index in [1.165, 1.54) is 0 Å². The summed E-state index contributed by atoms with van der Waals surface area (Å²) in [5.41, 5.74) is 0.578. The molecule has 3 rings (SSSR count). The molecule has 2 heterocycles. The number of hydrogen-bond donors (Lipinski definition) is 1. The summed E-state index contributed by atoms with van der Waals surface area (Å²) in [6.45, 7) is -0.0651. The maximum atomic E-state index is 12.2. The van der Waals surface area contributed by atoms with Gasteiger partial charge in [0.25, 0.3) is 11.8 Å². The Morgan fingerprint density at radius 2 is 1.73 bits per heavy atom. The van der Waals surface area contributed by atoms with Gasteiger partial charge in [-0.25, -0.2) is 8.42 Å². The number of nitrogens with zero attached hydrogens (tertiary/aromatic N) is 1. The molecule has 9 heteroatoms. The SMILES string of the molecule is O=C1c2ccccc2C(=O)N1CCS(=O)(=O)NOCCCc1ccco1. The zero-order valence-corrected chi connectivity index (χ0v) is 14.7. The minimum Gasteiger partial charge on any atom is -0.469 e. The molecule has 0 radical (unpaired) electrons. The monoisotopic (exact) mass is 378 g/mol. The Hall–Kier alpha value is -2.49. The molecule has 0 fully saturated rings. The molecule has 0 atom stereocenters. The molecule has 0 saturated heterocycles. The molecule has 1 aliphatic rings. The Morgan fingerprint density at radius 1 is 1.04 bits per heavy atom. The van der Waals surface area contributed by atoms with Crippen LogP contribution in [0.2, 0.25) is 0 Å². The van der Waals surface area contributed by atoms with Crippen molar-refractivity contribution in [3.05, 3.63) is 59.5 Å². The van der Waals surface area contributed by atoms with Crippen LogP contribution in [-0.4, -0.2) is 44.0 Å². The second-order valence-corrected chi connectivity index (χ2v) is 7.55. The zero-order chi connectivity index (χ0) is 18.6. The zero-order valence-electron chi connectivity index (χ0n) is 13.9. The molecule has 1 aromatic heterocycles. The van der Waals surface area contributed by atoms with E-state index in [4.69, 9.17) is 9.25 Å². The Labute approximate surface area is 150 Å². The molecule has 0 bridgehead atoms. The third-order valence-electron chi connectivity index (χ3n) is 3.90. The lowest BCUT2D eigenvalue weighted by Gasteiger charge is -2.14. The van der Waals surface area contributed by atoms with Gasteiger partial charge in [0.2, 0.25) is 10.0 Å². The molecule has 26 heavy (non-hydrogen) atoms. The number of furan rings is 1. The molecule has 138 valence electrons. The Balaban J connectivity index is 1.44. The molecule has 8 nitrogen and oxygen atoms in total. The van der Waals surface area contributed by atoms with Crippen LogP contribution < -0.4 is 4.89 Å². The highest BCUT2D eigenvalue weighted by atomic mass is 32.2. The van der Waals surface area contributed by atoms with Gasteiger partial charge in [-0.2, -0.15) is 0 Å². The molecule has 1 aliphatic heterocycles. The quantitative estimate of drug-likeness (QED) is 0.401. The molecular weight excluding hydrogens is 360 g/mol. The van der Waals surface area contributed by atoms with Crippen LogP contribution in [0, 0.1) is 0 Å². The molecular formula is C17H18N2O6S. The van der Waals surface area contributed by atoms with E-state index >= 15 is 0 Å². The van der Waals surface area contributed by atoms with Crippen molar-refractivity contribution in [3.8, 4) is 0 Å². The summed E-state index contributed by atoms with van der Waals surface area (Å²) in [5, 5.41) is 0. The lowest BCUT2D eigenvalue weighted by molar-refractivity contribution is 0.0661. The number of aryl methyl sites for hydroxylation is 1. The fraction of sp³-hybridized carbons (Fsp3) is 0.294. The number of carbonyl (C=O) groups excluding carboxylic acids is 2. The van der Waals surface area contributed by atoms with Crippen molar-refractivity contribution >= 4 is 21.8 Å². The third kappa shape index (κ3) is 4.18. The van der Waals surface area contributed by atoms with Crippen LogP contribution >= 0.6 is 0 Å². The first-order valence-electron chi connectivity index (χ1n) is 8.07. The topological polar surface area (TPSA) is 106 Å². The lowest BCUT2D eigenvalue weighted by atomic mass is 10.1. The maximum absolute atomic E-state index is 12.2. The average Bonchev–Trinajstić information content (AvgIpc) is 3.21. The highest BCUT2D eigenvalue weighted by molar-refractivity contribution is 7.89. The fourth-order valence-electron chi connectivity index (χ4n) is 2.60. The lowest BCUT2D eigenvalue weighted by Crippen LogP contribution is -2.37. The molecule has 2 aromatic rings. The van der Waals surface area contributed by atoms with Gasteiger partial charge in [-0.1, -0.05) is 17.0 Å². The molecule has 0 spiro atoms. The minimum atomic E-state index is -3.78. The average molecular weight is 378 g/mol. The number of fused-ring (bicyclic) bond motifs is 1. The summed E-state index contributed by atoms with van der Waals surface area (Å²) < 4.78 is 29.1. The second kappa shape index (κ2) is 7.81. The van der Waals surface area contributed by atoms with Crippen LogP contribution in [0.4, 0.5) is 0 Å². The maximum Gasteiger partial charge on any atom is 0.261 e. The summed E-state index contributed by atoms with van der Waals surface area (Å²) in [6.07, 6.45) is 2.77. The van der Waals surface area contributed by atoms with E-state index in [1.54, 1.807) is 36.6 Å². The van der Waals surface area contributed by atoms with Crippen molar-refractivity contribution in [1.29, 1.82) is 0 Å². The minimum absolute atomic E-state index is 0.174. The van der Waals surface area contributed by atoms with E-state index in [1.807, 2.05) is 11.0 Å². The van der Waals surface area contributed by atoms with Crippen LogP contribution in [0.3, 0.4) is 0 Å². The van der Waals surface area contributed by atoms with E-state index in [2.05, 4.69) is 0 Å². The fourth-order valence-corrected chi connectivity index (χ4v) is 3.37. The van der Waals surface area contributed by atoms with Crippen LogP contribution in [0.5, 0.6) is 0 Å². The van der Waals surface area contributed by atoms with Crippen molar-refractivity contribution in [3.63, 3.8) is 0 Å². The van der Waals surface area contributed by atoms with Crippen LogP contribution in [0.1, 0.15) is 32.9 Å². The van der Waals surface area contributed by atoms with Gasteiger partial charge in [-0.15, -0.1) is 0 Å². The highest BCUT2D eigenvalue weighted by Gasteiger charge is 2.35. The number of carbonyl (C=O) groups is 2. The van der Waals surface area contributed by atoms with Crippen LogP contribution in [0.15, 0.2) is 47.1 Å².